The largest absolute Gasteiger partial charge is 0.398 e. The number of halogens is 1. The van der Waals surface area contributed by atoms with Crippen LogP contribution in [0.2, 0.25) is 0 Å². The zero-order valence-electron chi connectivity index (χ0n) is 8.94. The molecular formula is C12H12BrN3. The number of benzene rings is 1. The fourth-order valence-electron chi connectivity index (χ4n) is 1.50. The predicted octanol–water partition coefficient (Wildman–Crippen LogP) is 2.72. The molecule has 1 aromatic carbocycles. The Hall–Kier alpha value is -1.42. The molecule has 0 saturated carbocycles. The topological polar surface area (TPSA) is 51.8 Å². The Labute approximate surface area is 103 Å². The van der Waals surface area contributed by atoms with Crippen molar-refractivity contribution in [1.82, 2.24) is 9.97 Å². The molecule has 0 spiro atoms. The number of aromatic nitrogens is 2. The minimum Gasteiger partial charge on any atom is -0.398 e. The average Bonchev–Trinajstić information content (AvgIpc) is 2.25. The van der Waals surface area contributed by atoms with E-state index in [0.29, 0.717) is 6.42 Å². The Balaban J connectivity index is 2.23. The third kappa shape index (κ3) is 2.58. The first-order valence-electron chi connectivity index (χ1n) is 4.96. The second-order valence-corrected chi connectivity index (χ2v) is 4.52. The number of hydrogen-bond donors (Lipinski definition) is 1. The zero-order chi connectivity index (χ0) is 11.5. The van der Waals surface area contributed by atoms with Crippen LogP contribution in [-0.2, 0) is 6.42 Å². The summed E-state index contributed by atoms with van der Waals surface area (Å²) < 4.78 is 0.744. The third-order valence-corrected chi connectivity index (χ3v) is 2.76. The summed E-state index contributed by atoms with van der Waals surface area (Å²) in [6, 6.07) is 6.06. The van der Waals surface area contributed by atoms with E-state index in [-0.39, 0.29) is 0 Å². The average molecular weight is 278 g/mol. The number of hydrogen-bond acceptors (Lipinski definition) is 3. The molecule has 2 rings (SSSR count). The van der Waals surface area contributed by atoms with E-state index in [1.807, 2.05) is 19.1 Å². The number of anilines is 1. The van der Waals surface area contributed by atoms with E-state index in [2.05, 4.69) is 32.0 Å². The molecule has 0 aliphatic rings. The molecule has 82 valence electrons. The third-order valence-electron chi connectivity index (χ3n) is 2.35. The van der Waals surface area contributed by atoms with Gasteiger partial charge in [-0.2, -0.15) is 0 Å². The van der Waals surface area contributed by atoms with Crippen LogP contribution in [0.15, 0.2) is 35.2 Å². The zero-order valence-corrected chi connectivity index (χ0v) is 10.5. The molecule has 2 N–H and O–H groups in total. The van der Waals surface area contributed by atoms with Gasteiger partial charge < -0.3 is 5.73 Å². The van der Waals surface area contributed by atoms with E-state index in [9.17, 15) is 0 Å². The molecule has 2 aromatic rings. The summed E-state index contributed by atoms with van der Waals surface area (Å²) in [5, 5.41) is 0. The highest BCUT2D eigenvalue weighted by molar-refractivity contribution is 9.10. The second-order valence-electron chi connectivity index (χ2n) is 3.71. The van der Waals surface area contributed by atoms with Gasteiger partial charge in [0.15, 0.2) is 0 Å². The first-order valence-corrected chi connectivity index (χ1v) is 5.76. The maximum atomic E-state index is 5.94. The Morgan fingerprint density at radius 3 is 2.69 bits per heavy atom. The van der Waals surface area contributed by atoms with E-state index in [1.165, 1.54) is 5.56 Å². The van der Waals surface area contributed by atoms with E-state index < -0.39 is 0 Å². The van der Waals surface area contributed by atoms with E-state index in [4.69, 9.17) is 5.73 Å². The van der Waals surface area contributed by atoms with Crippen molar-refractivity contribution in [2.24, 2.45) is 0 Å². The summed E-state index contributed by atoms with van der Waals surface area (Å²) in [6.07, 6.45) is 4.16. The summed E-state index contributed by atoms with van der Waals surface area (Å²) >= 11 is 3.26. The number of nitrogens with two attached hydrogens (primary N) is 1. The second kappa shape index (κ2) is 4.61. The molecule has 0 saturated heterocycles. The number of aryl methyl sites for hydroxylation is 1. The van der Waals surface area contributed by atoms with Gasteiger partial charge in [-0.25, -0.2) is 4.98 Å². The van der Waals surface area contributed by atoms with Crippen LogP contribution in [0.25, 0.3) is 0 Å². The number of rotatable bonds is 2. The van der Waals surface area contributed by atoms with Crippen LogP contribution in [-0.4, -0.2) is 9.97 Å². The Kier molecular flexibility index (Phi) is 3.19. The van der Waals surface area contributed by atoms with Gasteiger partial charge in [0, 0.05) is 12.1 Å². The maximum Gasteiger partial charge on any atom is 0.124 e. The lowest BCUT2D eigenvalue weighted by Crippen LogP contribution is -1.98. The van der Waals surface area contributed by atoms with Crippen molar-refractivity contribution < 1.29 is 0 Å². The summed E-state index contributed by atoms with van der Waals surface area (Å²) in [5.41, 5.74) is 9.92. The Bertz CT molecular complexity index is 494. The van der Waals surface area contributed by atoms with E-state index in [0.717, 1.165) is 21.5 Å². The van der Waals surface area contributed by atoms with E-state index in [1.54, 1.807) is 12.4 Å². The summed E-state index contributed by atoms with van der Waals surface area (Å²) in [5.74, 6) is 0. The molecule has 0 unspecified atom stereocenters. The lowest BCUT2D eigenvalue weighted by molar-refractivity contribution is 1.02. The highest BCUT2D eigenvalue weighted by Crippen LogP contribution is 2.17. The SMILES string of the molecule is Cc1ccc(Cc2cnc(Br)cn2)c(N)c1. The van der Waals surface area contributed by atoms with Gasteiger partial charge in [0.25, 0.3) is 0 Å². The van der Waals surface area contributed by atoms with Crippen molar-refractivity contribution in [2.45, 2.75) is 13.3 Å². The minimum absolute atomic E-state index is 0.715. The molecular weight excluding hydrogens is 266 g/mol. The van der Waals surface area contributed by atoms with Gasteiger partial charge in [-0.15, -0.1) is 0 Å². The van der Waals surface area contributed by atoms with Crippen LogP contribution in [0.1, 0.15) is 16.8 Å². The number of nitrogens with zero attached hydrogens (tertiary/aromatic N) is 2. The molecule has 0 amide bonds. The van der Waals surface area contributed by atoms with Gasteiger partial charge in [0.2, 0.25) is 0 Å². The monoisotopic (exact) mass is 277 g/mol. The van der Waals surface area contributed by atoms with Crippen LogP contribution in [0.5, 0.6) is 0 Å². The lowest BCUT2D eigenvalue weighted by atomic mass is 10.1. The van der Waals surface area contributed by atoms with Crippen LogP contribution < -0.4 is 5.73 Å². The van der Waals surface area contributed by atoms with Crippen LogP contribution in [0.4, 0.5) is 5.69 Å². The van der Waals surface area contributed by atoms with Crippen LogP contribution in [0.3, 0.4) is 0 Å². The molecule has 0 fully saturated rings. The van der Waals surface area contributed by atoms with Crippen molar-refractivity contribution in [3.63, 3.8) is 0 Å². The molecule has 0 atom stereocenters. The van der Waals surface area contributed by atoms with Crippen molar-refractivity contribution in [3.05, 3.63) is 52.0 Å². The molecule has 4 heteroatoms. The van der Waals surface area contributed by atoms with Gasteiger partial charge in [-0.1, -0.05) is 12.1 Å². The normalized spacial score (nSPS) is 10.4. The van der Waals surface area contributed by atoms with Gasteiger partial charge in [0.05, 0.1) is 18.1 Å². The standard InChI is InChI=1S/C12H12BrN3/c1-8-2-3-9(11(14)4-8)5-10-6-16-12(13)7-15-10/h2-4,6-7H,5,14H2,1H3. The molecule has 16 heavy (non-hydrogen) atoms. The fraction of sp³-hybridized carbons (Fsp3) is 0.167. The molecule has 3 nitrogen and oxygen atoms in total. The van der Waals surface area contributed by atoms with Crippen molar-refractivity contribution in [3.8, 4) is 0 Å². The summed E-state index contributed by atoms with van der Waals surface area (Å²) in [4.78, 5) is 8.41. The van der Waals surface area contributed by atoms with Gasteiger partial charge >= 0.3 is 0 Å². The Morgan fingerprint density at radius 2 is 2.06 bits per heavy atom. The van der Waals surface area contributed by atoms with E-state index >= 15 is 0 Å². The highest BCUT2D eigenvalue weighted by Gasteiger charge is 2.02. The predicted molar refractivity (Wildman–Crippen MR) is 68.1 cm³/mol. The van der Waals surface area contributed by atoms with Crippen molar-refractivity contribution >= 4 is 21.6 Å². The summed E-state index contributed by atoms with van der Waals surface area (Å²) in [7, 11) is 0. The molecule has 1 heterocycles. The quantitative estimate of drug-likeness (QED) is 0.859. The van der Waals surface area contributed by atoms with Crippen LogP contribution in [0, 0.1) is 6.92 Å². The summed E-state index contributed by atoms with van der Waals surface area (Å²) in [6.45, 7) is 2.03. The van der Waals surface area contributed by atoms with Crippen molar-refractivity contribution in [1.29, 1.82) is 0 Å². The first-order chi connectivity index (χ1) is 7.65. The highest BCUT2D eigenvalue weighted by atomic mass is 79.9. The Morgan fingerprint density at radius 1 is 1.25 bits per heavy atom. The number of nitrogen functional groups attached to an aromatic ring is 1. The molecule has 0 radical (unpaired) electrons. The maximum absolute atomic E-state index is 5.94. The first kappa shape index (κ1) is 11.1. The lowest BCUT2D eigenvalue weighted by Gasteiger charge is -2.05. The molecule has 0 bridgehead atoms. The molecule has 0 aliphatic carbocycles. The van der Waals surface area contributed by atoms with Crippen molar-refractivity contribution in [2.75, 3.05) is 5.73 Å². The molecule has 1 aromatic heterocycles. The minimum atomic E-state index is 0.715. The van der Waals surface area contributed by atoms with Gasteiger partial charge in [-0.05, 0) is 40.0 Å². The van der Waals surface area contributed by atoms with Gasteiger partial charge in [0.1, 0.15) is 4.60 Å². The smallest absolute Gasteiger partial charge is 0.124 e. The molecule has 0 aliphatic heterocycles. The van der Waals surface area contributed by atoms with Crippen LogP contribution >= 0.6 is 15.9 Å². The van der Waals surface area contributed by atoms with Gasteiger partial charge in [-0.3, -0.25) is 4.98 Å². The fourth-order valence-corrected chi connectivity index (χ4v) is 1.71.